The van der Waals surface area contributed by atoms with E-state index in [2.05, 4.69) is 5.32 Å². The Morgan fingerprint density at radius 3 is 2.80 bits per heavy atom. The number of rotatable bonds is 5. The van der Waals surface area contributed by atoms with Crippen molar-refractivity contribution in [2.45, 2.75) is 13.3 Å². The molecular formula is C6H10NO3. The van der Waals surface area contributed by atoms with E-state index in [4.69, 9.17) is 5.11 Å². The zero-order valence-corrected chi connectivity index (χ0v) is 5.76. The first kappa shape index (κ1) is 8.94. The maximum absolute atomic E-state index is 10.0. The molecule has 57 valence electrons. The number of carboxylic acids is 1. The van der Waals surface area contributed by atoms with Crippen LogP contribution in [0.5, 0.6) is 0 Å². The number of carboxylic acid groups (broad SMARTS) is 1. The molecule has 0 saturated carbocycles. The zero-order chi connectivity index (χ0) is 7.98. The van der Waals surface area contributed by atoms with Crippen LogP contribution in [0.2, 0.25) is 0 Å². The second-order valence-electron chi connectivity index (χ2n) is 2.19. The van der Waals surface area contributed by atoms with Gasteiger partial charge in [0.2, 0.25) is 0 Å². The summed E-state index contributed by atoms with van der Waals surface area (Å²) in [6.45, 7) is 2.12. The van der Waals surface area contributed by atoms with Crippen LogP contribution in [0, 0.1) is 5.92 Å². The Morgan fingerprint density at radius 1 is 1.80 bits per heavy atom. The monoisotopic (exact) mass is 144 g/mol. The van der Waals surface area contributed by atoms with Crippen molar-refractivity contribution in [3.8, 4) is 0 Å². The summed E-state index contributed by atoms with van der Waals surface area (Å²) in [5, 5.41) is 10.5. The Hall–Kier alpha value is -1.06. The van der Waals surface area contributed by atoms with E-state index in [9.17, 15) is 9.59 Å². The molecule has 0 aliphatic rings. The highest BCUT2D eigenvalue weighted by atomic mass is 16.4. The van der Waals surface area contributed by atoms with Crippen LogP contribution in [0.1, 0.15) is 13.3 Å². The highest BCUT2D eigenvalue weighted by Gasteiger charge is 2.05. The smallest absolute Gasteiger partial charge is 0.309 e. The van der Waals surface area contributed by atoms with Crippen LogP contribution in [-0.2, 0) is 9.59 Å². The quantitative estimate of drug-likeness (QED) is 0.523. The molecule has 0 aromatic rings. The van der Waals surface area contributed by atoms with E-state index in [0.717, 1.165) is 0 Å². The van der Waals surface area contributed by atoms with Gasteiger partial charge in [0.1, 0.15) is 0 Å². The van der Waals surface area contributed by atoms with Crippen molar-refractivity contribution in [3.05, 3.63) is 0 Å². The van der Waals surface area contributed by atoms with Gasteiger partial charge in [-0.05, 0) is 5.92 Å². The highest BCUT2D eigenvalue weighted by molar-refractivity contribution is 5.67. The largest absolute Gasteiger partial charge is 0.481 e. The normalized spacial score (nSPS) is 12.1. The number of aliphatic carboxylic acids is 1. The first-order chi connectivity index (χ1) is 4.66. The van der Waals surface area contributed by atoms with Crippen molar-refractivity contribution in [3.63, 3.8) is 0 Å². The van der Waals surface area contributed by atoms with Crippen LogP contribution in [-0.4, -0.2) is 24.0 Å². The molecule has 0 rings (SSSR count). The van der Waals surface area contributed by atoms with E-state index < -0.39 is 5.97 Å². The van der Waals surface area contributed by atoms with E-state index in [1.54, 1.807) is 6.92 Å². The van der Waals surface area contributed by atoms with E-state index in [0.29, 0.717) is 6.54 Å². The van der Waals surface area contributed by atoms with E-state index in [1.165, 1.54) is 6.41 Å². The van der Waals surface area contributed by atoms with Crippen LogP contribution < -0.4 is 5.32 Å². The molecule has 1 unspecified atom stereocenters. The molecule has 0 fully saturated rings. The standard InChI is InChI=1S/C6H10NO3/c1-5(2-6(9)10)3-7-4-8/h5H,2-3H2,1H3,(H,7,8)(H,9,10). The molecule has 1 atom stereocenters. The first-order valence-electron chi connectivity index (χ1n) is 2.98. The summed E-state index contributed by atoms with van der Waals surface area (Å²) in [6.07, 6.45) is 1.56. The number of carbonyl (C=O) groups excluding carboxylic acids is 1. The molecule has 4 nitrogen and oxygen atoms in total. The lowest BCUT2D eigenvalue weighted by molar-refractivity contribution is -0.137. The molecule has 0 heterocycles. The van der Waals surface area contributed by atoms with Gasteiger partial charge in [-0.15, -0.1) is 0 Å². The van der Waals surface area contributed by atoms with Crippen LogP contribution in [0.4, 0.5) is 0 Å². The molecule has 1 radical (unpaired) electrons. The number of nitrogens with one attached hydrogen (secondary N) is 1. The number of hydrogen-bond donors (Lipinski definition) is 2. The van der Waals surface area contributed by atoms with Gasteiger partial charge in [0.25, 0.3) is 0 Å². The maximum Gasteiger partial charge on any atom is 0.309 e. The van der Waals surface area contributed by atoms with Gasteiger partial charge in [0, 0.05) is 13.0 Å². The number of hydrogen-bond acceptors (Lipinski definition) is 2. The molecular weight excluding hydrogens is 134 g/mol. The second kappa shape index (κ2) is 4.78. The average molecular weight is 144 g/mol. The minimum atomic E-state index is -0.847. The van der Waals surface area contributed by atoms with Crippen LogP contribution in [0.3, 0.4) is 0 Å². The predicted octanol–water partition coefficient (Wildman–Crippen LogP) is -0.246. The fourth-order valence-electron chi connectivity index (χ4n) is 0.586. The summed E-state index contributed by atoms with van der Waals surface area (Å²) < 4.78 is 0. The Kier molecular flexibility index (Phi) is 4.28. The molecule has 0 spiro atoms. The average Bonchev–Trinajstić information content (AvgIpc) is 1.82. The van der Waals surface area contributed by atoms with Crippen LogP contribution in [0.25, 0.3) is 0 Å². The van der Waals surface area contributed by atoms with Crippen molar-refractivity contribution < 1.29 is 14.7 Å². The van der Waals surface area contributed by atoms with E-state index >= 15 is 0 Å². The van der Waals surface area contributed by atoms with E-state index in [-0.39, 0.29) is 12.3 Å². The molecule has 10 heavy (non-hydrogen) atoms. The number of carbonyl (C=O) groups is 1. The van der Waals surface area contributed by atoms with Gasteiger partial charge in [-0.3, -0.25) is 9.59 Å². The Morgan fingerprint density at radius 2 is 2.40 bits per heavy atom. The lowest BCUT2D eigenvalue weighted by Gasteiger charge is -2.04. The SMILES string of the molecule is CC(CN[C]=O)CC(=O)O. The van der Waals surface area contributed by atoms with Crippen molar-refractivity contribution in [2.75, 3.05) is 6.54 Å². The summed E-state index contributed by atoms with van der Waals surface area (Å²) in [6, 6.07) is 0. The second-order valence-corrected chi connectivity index (χ2v) is 2.19. The third-order valence-electron chi connectivity index (χ3n) is 1.05. The zero-order valence-electron chi connectivity index (χ0n) is 5.76. The van der Waals surface area contributed by atoms with E-state index in [1.807, 2.05) is 0 Å². The third-order valence-corrected chi connectivity index (χ3v) is 1.05. The molecule has 0 aliphatic carbocycles. The fraction of sp³-hybridized carbons (Fsp3) is 0.667. The van der Waals surface area contributed by atoms with Crippen molar-refractivity contribution in [2.24, 2.45) is 5.92 Å². The molecule has 0 aliphatic heterocycles. The topological polar surface area (TPSA) is 66.4 Å². The minimum absolute atomic E-state index is 0.0288. The van der Waals surface area contributed by atoms with Crippen molar-refractivity contribution in [1.82, 2.24) is 5.32 Å². The van der Waals surface area contributed by atoms with Gasteiger partial charge in [0.15, 0.2) is 0 Å². The summed E-state index contributed by atoms with van der Waals surface area (Å²) >= 11 is 0. The summed E-state index contributed by atoms with van der Waals surface area (Å²) in [7, 11) is 0. The first-order valence-corrected chi connectivity index (χ1v) is 2.98. The van der Waals surface area contributed by atoms with Gasteiger partial charge in [-0.2, -0.15) is 0 Å². The van der Waals surface area contributed by atoms with Gasteiger partial charge < -0.3 is 10.4 Å². The van der Waals surface area contributed by atoms with Gasteiger partial charge >= 0.3 is 12.4 Å². The minimum Gasteiger partial charge on any atom is -0.481 e. The lowest BCUT2D eigenvalue weighted by atomic mass is 10.1. The third kappa shape index (κ3) is 5.08. The summed E-state index contributed by atoms with van der Waals surface area (Å²) in [4.78, 5) is 19.7. The molecule has 0 bridgehead atoms. The van der Waals surface area contributed by atoms with Crippen molar-refractivity contribution in [1.29, 1.82) is 0 Å². The summed E-state index contributed by atoms with van der Waals surface area (Å²) in [5.74, 6) is -0.876. The Bertz CT molecular complexity index is 124. The molecule has 0 aromatic heterocycles. The maximum atomic E-state index is 10.0. The fourth-order valence-corrected chi connectivity index (χ4v) is 0.586. The van der Waals surface area contributed by atoms with Gasteiger partial charge in [0.05, 0.1) is 0 Å². The predicted molar refractivity (Wildman–Crippen MR) is 35.1 cm³/mol. The molecule has 1 amide bonds. The van der Waals surface area contributed by atoms with Gasteiger partial charge in [-0.1, -0.05) is 6.92 Å². The van der Waals surface area contributed by atoms with Gasteiger partial charge in [-0.25, -0.2) is 0 Å². The number of amides is 1. The van der Waals surface area contributed by atoms with Crippen LogP contribution in [0.15, 0.2) is 0 Å². The molecule has 0 saturated heterocycles. The Labute approximate surface area is 59.2 Å². The van der Waals surface area contributed by atoms with Crippen LogP contribution >= 0.6 is 0 Å². The lowest BCUT2D eigenvalue weighted by Crippen LogP contribution is -2.21. The highest BCUT2D eigenvalue weighted by Crippen LogP contribution is 1.97. The van der Waals surface area contributed by atoms with Crippen molar-refractivity contribution >= 4 is 12.4 Å². The summed E-state index contributed by atoms with van der Waals surface area (Å²) in [5.41, 5.74) is 0. The molecule has 4 heteroatoms. The Balaban J connectivity index is 3.33. The molecule has 2 N–H and O–H groups in total. The molecule has 0 aromatic carbocycles.